The molecule has 0 saturated carbocycles. The summed E-state index contributed by atoms with van der Waals surface area (Å²) in [7, 11) is 0. The Hall–Kier alpha value is -3.99. The fourth-order valence-electron chi connectivity index (χ4n) is 3.44. The van der Waals surface area contributed by atoms with Crippen LogP contribution in [0.15, 0.2) is 82.7 Å². The van der Waals surface area contributed by atoms with Crippen LogP contribution < -0.4 is 0 Å². The number of nitrogens with zero attached hydrogens (tertiary/aromatic N) is 6. The lowest BCUT2D eigenvalue weighted by atomic mass is 10.1. The Morgan fingerprint density at radius 3 is 2.46 bits per heavy atom. The monoisotopic (exact) mass is 494 g/mol. The molecule has 0 spiro atoms. The first kappa shape index (κ1) is 22.8. The number of hydrogen-bond acceptors (Lipinski definition) is 7. The number of hydrogen-bond donors (Lipinski definition) is 0. The number of pyridine rings is 1. The van der Waals surface area contributed by atoms with Gasteiger partial charge in [-0.15, -0.1) is 10.2 Å². The fraction of sp³-hybridized carbons (Fsp3) is 0.125. The SMILES string of the molecule is Cc1ccccc1-n1c(SCc2nc(-c3ccc(C(F)(F)F)cc3)no2)nnc1-c1cccnc1. The van der Waals surface area contributed by atoms with E-state index in [0.717, 1.165) is 28.9 Å². The molecule has 11 heteroatoms. The van der Waals surface area contributed by atoms with Gasteiger partial charge in [0.05, 0.1) is 17.0 Å². The van der Waals surface area contributed by atoms with E-state index in [1.54, 1.807) is 12.4 Å². The van der Waals surface area contributed by atoms with Crippen molar-refractivity contribution in [1.82, 2.24) is 29.9 Å². The Bertz CT molecular complexity index is 1450. The summed E-state index contributed by atoms with van der Waals surface area (Å²) in [5.41, 5.74) is 2.48. The van der Waals surface area contributed by atoms with Gasteiger partial charge in [-0.1, -0.05) is 47.3 Å². The van der Waals surface area contributed by atoms with E-state index < -0.39 is 11.7 Å². The summed E-state index contributed by atoms with van der Waals surface area (Å²) in [5.74, 6) is 1.47. The number of alkyl halides is 3. The fourth-order valence-corrected chi connectivity index (χ4v) is 4.22. The summed E-state index contributed by atoms with van der Waals surface area (Å²) in [6.07, 6.45) is -0.988. The summed E-state index contributed by atoms with van der Waals surface area (Å²) >= 11 is 1.36. The lowest BCUT2D eigenvalue weighted by molar-refractivity contribution is -0.137. The maximum Gasteiger partial charge on any atom is 0.416 e. The second kappa shape index (κ2) is 9.34. The zero-order valence-electron chi connectivity index (χ0n) is 18.3. The van der Waals surface area contributed by atoms with Crippen molar-refractivity contribution in [2.45, 2.75) is 24.0 Å². The summed E-state index contributed by atoms with van der Waals surface area (Å²) in [6, 6.07) is 16.3. The Morgan fingerprint density at radius 2 is 1.74 bits per heavy atom. The summed E-state index contributed by atoms with van der Waals surface area (Å²) in [5, 5.41) is 13.3. The molecule has 0 atom stereocenters. The number of rotatable bonds is 6. The van der Waals surface area contributed by atoms with Crippen molar-refractivity contribution < 1.29 is 17.7 Å². The third-order valence-corrected chi connectivity index (χ3v) is 6.09. The average Bonchev–Trinajstić information content (AvgIpc) is 3.50. The van der Waals surface area contributed by atoms with Crippen LogP contribution in [0.3, 0.4) is 0 Å². The van der Waals surface area contributed by atoms with Crippen LogP contribution in [0, 0.1) is 6.92 Å². The molecule has 0 aliphatic carbocycles. The first-order valence-corrected chi connectivity index (χ1v) is 11.4. The van der Waals surface area contributed by atoms with Gasteiger partial charge in [-0.05, 0) is 42.8 Å². The standard InChI is InChI=1S/C24H17F3N6OS/c1-15-5-2-3-7-19(15)33-22(17-6-4-12-28-13-17)30-31-23(33)35-14-20-29-21(32-34-20)16-8-10-18(11-9-16)24(25,26)27/h2-13H,14H2,1H3. The number of thioether (sulfide) groups is 1. The third-order valence-electron chi connectivity index (χ3n) is 5.17. The molecule has 35 heavy (non-hydrogen) atoms. The van der Waals surface area contributed by atoms with Crippen molar-refractivity contribution in [2.75, 3.05) is 0 Å². The number of para-hydroxylation sites is 1. The molecule has 2 aromatic carbocycles. The molecule has 0 saturated heterocycles. The van der Waals surface area contributed by atoms with Gasteiger partial charge < -0.3 is 4.52 Å². The molecule has 0 radical (unpaired) electrons. The molecule has 0 amide bonds. The van der Waals surface area contributed by atoms with Crippen LogP contribution >= 0.6 is 11.8 Å². The highest BCUT2D eigenvalue weighted by molar-refractivity contribution is 7.98. The molecule has 5 rings (SSSR count). The number of halogens is 3. The molecule has 0 bridgehead atoms. The van der Waals surface area contributed by atoms with Crippen LogP contribution in [0.1, 0.15) is 17.0 Å². The van der Waals surface area contributed by atoms with Crippen molar-refractivity contribution in [3.63, 3.8) is 0 Å². The van der Waals surface area contributed by atoms with Gasteiger partial charge in [0, 0.05) is 23.5 Å². The second-order valence-corrected chi connectivity index (χ2v) is 8.49. The smallest absolute Gasteiger partial charge is 0.338 e. The molecular weight excluding hydrogens is 477 g/mol. The van der Waals surface area contributed by atoms with E-state index in [1.807, 2.05) is 47.9 Å². The molecule has 0 unspecified atom stereocenters. The van der Waals surface area contributed by atoms with Gasteiger partial charge in [0.15, 0.2) is 11.0 Å². The largest absolute Gasteiger partial charge is 0.416 e. The first-order chi connectivity index (χ1) is 16.9. The Kier molecular flexibility index (Phi) is 6.08. The number of aromatic nitrogens is 6. The average molecular weight is 495 g/mol. The van der Waals surface area contributed by atoms with Gasteiger partial charge in [-0.3, -0.25) is 9.55 Å². The molecule has 0 N–H and O–H groups in total. The van der Waals surface area contributed by atoms with E-state index in [9.17, 15) is 13.2 Å². The van der Waals surface area contributed by atoms with Crippen LogP contribution in [0.25, 0.3) is 28.5 Å². The number of benzene rings is 2. The topological polar surface area (TPSA) is 82.5 Å². The van der Waals surface area contributed by atoms with E-state index in [0.29, 0.717) is 28.2 Å². The van der Waals surface area contributed by atoms with Crippen molar-refractivity contribution in [2.24, 2.45) is 0 Å². The Balaban J connectivity index is 1.41. The van der Waals surface area contributed by atoms with Crippen molar-refractivity contribution in [3.05, 3.63) is 90.1 Å². The van der Waals surface area contributed by atoms with Gasteiger partial charge in [0.2, 0.25) is 11.7 Å². The van der Waals surface area contributed by atoms with Gasteiger partial charge in [-0.2, -0.15) is 18.2 Å². The lowest BCUT2D eigenvalue weighted by Crippen LogP contribution is -2.04. The van der Waals surface area contributed by atoms with Gasteiger partial charge in [0.25, 0.3) is 0 Å². The summed E-state index contributed by atoms with van der Waals surface area (Å²) in [6.45, 7) is 2.01. The minimum Gasteiger partial charge on any atom is -0.338 e. The van der Waals surface area contributed by atoms with Gasteiger partial charge >= 0.3 is 6.18 Å². The molecule has 0 aliphatic heterocycles. The lowest BCUT2D eigenvalue weighted by Gasteiger charge is -2.12. The highest BCUT2D eigenvalue weighted by Gasteiger charge is 2.30. The Morgan fingerprint density at radius 1 is 0.943 bits per heavy atom. The third kappa shape index (κ3) is 4.80. The summed E-state index contributed by atoms with van der Waals surface area (Å²) in [4.78, 5) is 8.51. The molecule has 176 valence electrons. The summed E-state index contributed by atoms with van der Waals surface area (Å²) < 4.78 is 45.7. The molecule has 5 aromatic rings. The van der Waals surface area contributed by atoms with Crippen LogP contribution in [0.4, 0.5) is 13.2 Å². The normalized spacial score (nSPS) is 11.7. The minimum atomic E-state index is -4.40. The maximum absolute atomic E-state index is 12.8. The number of aryl methyl sites for hydroxylation is 1. The predicted octanol–water partition coefficient (Wildman–Crippen LogP) is 6.00. The van der Waals surface area contributed by atoms with Crippen LogP contribution in [0.2, 0.25) is 0 Å². The van der Waals surface area contributed by atoms with Gasteiger partial charge in [0.1, 0.15) is 0 Å². The van der Waals surface area contributed by atoms with E-state index in [2.05, 4.69) is 25.3 Å². The molecule has 7 nitrogen and oxygen atoms in total. The maximum atomic E-state index is 12.8. The molecule has 3 aromatic heterocycles. The minimum absolute atomic E-state index is 0.214. The molecule has 0 fully saturated rings. The van der Waals surface area contributed by atoms with E-state index in [4.69, 9.17) is 4.52 Å². The highest BCUT2D eigenvalue weighted by atomic mass is 32.2. The van der Waals surface area contributed by atoms with Crippen molar-refractivity contribution in [3.8, 4) is 28.5 Å². The Labute approximate surface area is 202 Å². The van der Waals surface area contributed by atoms with E-state index >= 15 is 0 Å². The zero-order chi connectivity index (χ0) is 24.4. The predicted molar refractivity (Wildman–Crippen MR) is 124 cm³/mol. The second-order valence-electron chi connectivity index (χ2n) is 7.55. The van der Waals surface area contributed by atoms with Crippen LogP contribution in [-0.2, 0) is 11.9 Å². The molecular formula is C24H17F3N6OS. The van der Waals surface area contributed by atoms with Crippen molar-refractivity contribution in [1.29, 1.82) is 0 Å². The zero-order valence-corrected chi connectivity index (χ0v) is 19.1. The molecule has 0 aliphatic rings. The molecule has 3 heterocycles. The first-order valence-electron chi connectivity index (χ1n) is 10.4. The van der Waals surface area contributed by atoms with Crippen LogP contribution in [0.5, 0.6) is 0 Å². The van der Waals surface area contributed by atoms with E-state index in [-0.39, 0.29) is 5.82 Å². The van der Waals surface area contributed by atoms with Gasteiger partial charge in [-0.25, -0.2) is 0 Å². The van der Waals surface area contributed by atoms with Crippen molar-refractivity contribution >= 4 is 11.8 Å². The quantitative estimate of drug-likeness (QED) is 0.268. The van der Waals surface area contributed by atoms with Crippen LogP contribution in [-0.4, -0.2) is 29.9 Å². The highest BCUT2D eigenvalue weighted by Crippen LogP contribution is 2.32. The van der Waals surface area contributed by atoms with E-state index in [1.165, 1.54) is 23.9 Å².